The molecule has 3 aromatic rings. The van der Waals surface area contributed by atoms with Gasteiger partial charge in [-0.3, -0.25) is 10.2 Å². The molecule has 0 saturated heterocycles. The number of carbonyl (C=O) groups is 1. The lowest BCUT2D eigenvalue weighted by Crippen LogP contribution is -2.10. The second-order valence-electron chi connectivity index (χ2n) is 4.77. The van der Waals surface area contributed by atoms with Crippen molar-refractivity contribution in [1.82, 2.24) is 9.78 Å². The van der Waals surface area contributed by atoms with Gasteiger partial charge in [-0.2, -0.15) is 5.10 Å². The Morgan fingerprint density at radius 2 is 1.88 bits per heavy atom. The van der Waals surface area contributed by atoms with E-state index in [1.54, 1.807) is 41.2 Å². The molecule has 0 aliphatic carbocycles. The Morgan fingerprint density at radius 3 is 2.62 bits per heavy atom. The molecule has 1 amide bonds. The van der Waals surface area contributed by atoms with Crippen molar-refractivity contribution in [2.75, 3.05) is 5.32 Å². The molecule has 0 fully saturated rings. The summed E-state index contributed by atoms with van der Waals surface area (Å²) in [4.78, 5) is 16.3. The Morgan fingerprint density at radius 1 is 1.12 bits per heavy atom. The lowest BCUT2D eigenvalue weighted by Gasteiger charge is -2.01. The third-order valence-corrected chi connectivity index (χ3v) is 3.29. The molecule has 3 rings (SSSR count). The highest BCUT2D eigenvalue weighted by Crippen LogP contribution is 2.13. The van der Waals surface area contributed by atoms with Crippen LogP contribution in [0.4, 0.5) is 10.5 Å². The molecule has 0 saturated carbocycles. The fourth-order valence-electron chi connectivity index (χ4n) is 1.93. The number of benzene rings is 2. The van der Waals surface area contributed by atoms with E-state index >= 15 is 0 Å². The molecule has 0 radical (unpaired) electrons. The van der Waals surface area contributed by atoms with Gasteiger partial charge in [-0.25, -0.2) is 9.48 Å². The number of amides is 1. The average molecular weight is 341 g/mol. The summed E-state index contributed by atoms with van der Waals surface area (Å²) in [7, 11) is 0. The van der Waals surface area contributed by atoms with Crippen LogP contribution in [0.1, 0.15) is 5.69 Å². The van der Waals surface area contributed by atoms with Gasteiger partial charge < -0.3 is 0 Å². The van der Waals surface area contributed by atoms with Gasteiger partial charge in [0.2, 0.25) is 0 Å². The van der Waals surface area contributed by atoms with Crippen molar-refractivity contribution in [1.29, 1.82) is 0 Å². The maximum absolute atomic E-state index is 11.6. The van der Waals surface area contributed by atoms with Gasteiger partial charge in [0.1, 0.15) is 5.69 Å². The first kappa shape index (κ1) is 15.8. The first-order chi connectivity index (χ1) is 11.7. The highest BCUT2D eigenvalue weighted by molar-refractivity contribution is 6.30. The van der Waals surface area contributed by atoms with Crippen molar-refractivity contribution < 1.29 is 9.63 Å². The van der Waals surface area contributed by atoms with E-state index in [-0.39, 0.29) is 0 Å². The average Bonchev–Trinajstić information content (AvgIpc) is 3.07. The topological polar surface area (TPSA) is 68.5 Å². The number of rotatable bonds is 4. The lowest BCUT2D eigenvalue weighted by molar-refractivity contribution is 0.167. The molecule has 0 aliphatic heterocycles. The third-order valence-electron chi connectivity index (χ3n) is 3.04. The summed E-state index contributed by atoms with van der Waals surface area (Å²) in [5.41, 5.74) is 2.06. The molecule has 1 N–H and O–H groups in total. The van der Waals surface area contributed by atoms with Crippen LogP contribution in [0.5, 0.6) is 0 Å². The van der Waals surface area contributed by atoms with Crippen LogP contribution < -0.4 is 5.32 Å². The third kappa shape index (κ3) is 4.21. The summed E-state index contributed by atoms with van der Waals surface area (Å²) in [6, 6.07) is 18.1. The van der Waals surface area contributed by atoms with Crippen molar-refractivity contribution >= 4 is 29.6 Å². The SMILES string of the molecule is O=C(Nc1ccc(Cl)cc1)O/N=C\c1ccn(-c2ccccc2)n1. The van der Waals surface area contributed by atoms with Gasteiger partial charge in [-0.05, 0) is 42.5 Å². The number of oxime groups is 1. The molecule has 120 valence electrons. The van der Waals surface area contributed by atoms with Gasteiger partial charge in [0.05, 0.1) is 11.9 Å². The lowest BCUT2D eigenvalue weighted by atomic mass is 10.3. The molecule has 0 spiro atoms. The van der Waals surface area contributed by atoms with E-state index in [1.807, 2.05) is 30.3 Å². The van der Waals surface area contributed by atoms with Gasteiger partial charge in [0, 0.05) is 16.9 Å². The number of nitrogens with one attached hydrogen (secondary N) is 1. The summed E-state index contributed by atoms with van der Waals surface area (Å²) in [6.07, 6.45) is 2.46. The molecular formula is C17H13ClN4O2. The van der Waals surface area contributed by atoms with Crippen molar-refractivity contribution in [2.45, 2.75) is 0 Å². The number of hydrogen-bond acceptors (Lipinski definition) is 4. The molecule has 0 atom stereocenters. The van der Waals surface area contributed by atoms with Crippen LogP contribution in [0.15, 0.2) is 72.0 Å². The number of aromatic nitrogens is 2. The Bertz CT molecular complexity index is 845. The van der Waals surface area contributed by atoms with E-state index in [9.17, 15) is 4.79 Å². The maximum atomic E-state index is 11.6. The van der Waals surface area contributed by atoms with Gasteiger partial charge in [-0.15, -0.1) is 0 Å². The van der Waals surface area contributed by atoms with Crippen LogP contribution in [0.2, 0.25) is 5.02 Å². The van der Waals surface area contributed by atoms with E-state index in [4.69, 9.17) is 16.4 Å². The molecule has 7 heteroatoms. The number of anilines is 1. The number of carbonyl (C=O) groups excluding carboxylic acids is 1. The highest BCUT2D eigenvalue weighted by Gasteiger charge is 2.03. The molecule has 1 heterocycles. The zero-order valence-electron chi connectivity index (χ0n) is 12.5. The molecule has 6 nitrogen and oxygen atoms in total. The van der Waals surface area contributed by atoms with Crippen molar-refractivity contribution in [3.8, 4) is 5.69 Å². The molecule has 1 aromatic heterocycles. The largest absolute Gasteiger partial charge is 0.437 e. The Kier molecular flexibility index (Phi) is 4.88. The van der Waals surface area contributed by atoms with E-state index in [1.165, 1.54) is 6.21 Å². The van der Waals surface area contributed by atoms with Crippen LogP contribution >= 0.6 is 11.6 Å². The number of hydrogen-bond donors (Lipinski definition) is 1. The van der Waals surface area contributed by atoms with Crippen molar-refractivity contribution in [3.05, 3.63) is 77.6 Å². The predicted molar refractivity (Wildman–Crippen MR) is 92.7 cm³/mol. The molecule has 0 aliphatic rings. The van der Waals surface area contributed by atoms with Crippen LogP contribution in [0, 0.1) is 0 Å². The van der Waals surface area contributed by atoms with Crippen LogP contribution in [-0.4, -0.2) is 22.1 Å². The quantitative estimate of drug-likeness (QED) is 0.441. The second-order valence-corrected chi connectivity index (χ2v) is 5.20. The summed E-state index contributed by atoms with van der Waals surface area (Å²) in [6.45, 7) is 0. The highest BCUT2D eigenvalue weighted by atomic mass is 35.5. The van der Waals surface area contributed by atoms with E-state index in [0.717, 1.165) is 5.69 Å². The molecule has 0 unspecified atom stereocenters. The zero-order chi connectivity index (χ0) is 16.8. The Labute approximate surface area is 143 Å². The Balaban J connectivity index is 1.55. The summed E-state index contributed by atoms with van der Waals surface area (Å²) in [5.74, 6) is 0. The fraction of sp³-hybridized carbons (Fsp3) is 0. The van der Waals surface area contributed by atoms with E-state index in [2.05, 4.69) is 15.6 Å². The van der Waals surface area contributed by atoms with Gasteiger partial charge >= 0.3 is 6.09 Å². The Hall–Kier alpha value is -3.12. The molecule has 2 aromatic carbocycles. The fourth-order valence-corrected chi connectivity index (χ4v) is 2.06. The monoisotopic (exact) mass is 340 g/mol. The zero-order valence-corrected chi connectivity index (χ0v) is 13.2. The summed E-state index contributed by atoms with van der Waals surface area (Å²) < 4.78 is 1.70. The first-order valence-corrected chi connectivity index (χ1v) is 7.46. The molecule has 24 heavy (non-hydrogen) atoms. The molecular weight excluding hydrogens is 328 g/mol. The standard InChI is InChI=1S/C17H13ClN4O2/c18-13-6-8-14(9-7-13)20-17(23)24-19-12-15-10-11-22(21-15)16-4-2-1-3-5-16/h1-12H,(H,20,23)/b19-12-. The smallest absolute Gasteiger partial charge is 0.298 e. The number of nitrogens with zero attached hydrogens (tertiary/aromatic N) is 3. The van der Waals surface area contributed by atoms with E-state index < -0.39 is 6.09 Å². The van der Waals surface area contributed by atoms with Crippen LogP contribution in [-0.2, 0) is 4.84 Å². The van der Waals surface area contributed by atoms with Crippen molar-refractivity contribution in [2.24, 2.45) is 5.16 Å². The summed E-state index contributed by atoms with van der Waals surface area (Å²) >= 11 is 5.77. The van der Waals surface area contributed by atoms with Crippen molar-refractivity contribution in [3.63, 3.8) is 0 Å². The minimum atomic E-state index is -0.698. The number of para-hydroxylation sites is 1. The first-order valence-electron chi connectivity index (χ1n) is 7.09. The molecule has 0 bridgehead atoms. The minimum absolute atomic E-state index is 0.563. The van der Waals surface area contributed by atoms with Crippen LogP contribution in [0.25, 0.3) is 5.69 Å². The van der Waals surface area contributed by atoms with E-state index in [0.29, 0.717) is 16.4 Å². The van der Waals surface area contributed by atoms with Gasteiger partial charge in [0.15, 0.2) is 0 Å². The minimum Gasteiger partial charge on any atom is -0.298 e. The van der Waals surface area contributed by atoms with Crippen LogP contribution in [0.3, 0.4) is 0 Å². The normalized spacial score (nSPS) is 10.7. The van der Waals surface area contributed by atoms with Gasteiger partial charge in [0.25, 0.3) is 0 Å². The second kappa shape index (κ2) is 7.43. The summed E-state index contributed by atoms with van der Waals surface area (Å²) in [5, 5.41) is 11.0. The predicted octanol–water partition coefficient (Wildman–Crippen LogP) is 4.11. The van der Waals surface area contributed by atoms with Gasteiger partial charge in [-0.1, -0.05) is 35.0 Å². The number of halogens is 1. The maximum Gasteiger partial charge on any atom is 0.437 e.